The number of hydrogen-bond acceptors (Lipinski definition) is 7. The number of benzene rings is 1. The lowest BCUT2D eigenvalue weighted by Crippen LogP contribution is -2.66. The molecule has 0 spiro atoms. The number of allylic oxidation sites excluding steroid dienone is 1. The van der Waals surface area contributed by atoms with Crippen molar-refractivity contribution in [3.8, 4) is 17.6 Å². The third kappa shape index (κ3) is 12.7. The lowest BCUT2D eigenvalue weighted by atomic mass is 9.71. The van der Waals surface area contributed by atoms with Crippen LogP contribution < -0.4 is 15.8 Å². The van der Waals surface area contributed by atoms with E-state index < -0.39 is 40.8 Å². The van der Waals surface area contributed by atoms with Gasteiger partial charge in [-0.15, -0.1) is 5.92 Å². The SMILES string of the molecule is CC#CCOc1ccc(C[C@H](NC(=O)[C@@](C)(/C=C/CCCCCCC(=O)CCCCCCC)[C@](O)(C(N)=O)C(=O)O)C(=O)O)cc1. The number of Topliss-reactive ketones (excluding diaryl/α,β-unsaturated/α-hetero) is 1. The number of carboxylic acids is 2. The average Bonchev–Trinajstić information content (AvgIpc) is 3.01. The van der Waals surface area contributed by atoms with E-state index in [-0.39, 0.29) is 18.8 Å². The Morgan fingerprint density at radius 1 is 0.957 bits per heavy atom. The predicted octanol–water partition coefficient (Wildman–Crippen LogP) is 4.33. The maximum absolute atomic E-state index is 13.5. The van der Waals surface area contributed by atoms with Crippen molar-refractivity contribution in [1.29, 1.82) is 0 Å². The Bertz CT molecular complexity index is 1230. The molecule has 11 nitrogen and oxygen atoms in total. The van der Waals surface area contributed by atoms with Crippen LogP contribution in [0.5, 0.6) is 5.75 Å². The number of primary amides is 1. The molecule has 0 radical (unpaired) electrons. The molecule has 2 amide bonds. The van der Waals surface area contributed by atoms with E-state index in [0.29, 0.717) is 37.0 Å². The number of carbonyl (C=O) groups excluding carboxylic acids is 3. The van der Waals surface area contributed by atoms with Crippen molar-refractivity contribution in [3.63, 3.8) is 0 Å². The number of ether oxygens (including phenoxy) is 1. The molecule has 0 aromatic heterocycles. The van der Waals surface area contributed by atoms with E-state index in [4.69, 9.17) is 10.5 Å². The minimum atomic E-state index is -3.37. The first-order valence-corrected chi connectivity index (χ1v) is 15.9. The summed E-state index contributed by atoms with van der Waals surface area (Å²) in [6.45, 7) is 5.03. The van der Waals surface area contributed by atoms with Gasteiger partial charge in [0, 0.05) is 19.3 Å². The van der Waals surface area contributed by atoms with Gasteiger partial charge >= 0.3 is 11.9 Å². The summed E-state index contributed by atoms with van der Waals surface area (Å²) in [6, 6.07) is 4.92. The van der Waals surface area contributed by atoms with Gasteiger partial charge in [-0.2, -0.15) is 0 Å². The normalized spacial score (nSPS) is 14.3. The maximum Gasteiger partial charge on any atom is 0.347 e. The summed E-state index contributed by atoms with van der Waals surface area (Å²) < 4.78 is 5.44. The van der Waals surface area contributed by atoms with Crippen LogP contribution in [0.4, 0.5) is 0 Å². The summed E-state index contributed by atoms with van der Waals surface area (Å²) in [6.07, 6.45) is 12.4. The number of unbranched alkanes of at least 4 members (excludes halogenated alkanes) is 8. The van der Waals surface area contributed by atoms with E-state index >= 15 is 0 Å². The highest BCUT2D eigenvalue weighted by Gasteiger charge is 2.61. The third-order valence-corrected chi connectivity index (χ3v) is 7.93. The second-order valence-corrected chi connectivity index (χ2v) is 11.6. The zero-order chi connectivity index (χ0) is 34.6. The number of carboxylic acid groups (broad SMARTS) is 2. The number of ketones is 1. The van der Waals surface area contributed by atoms with E-state index in [0.717, 1.165) is 57.9 Å². The van der Waals surface area contributed by atoms with Crippen molar-refractivity contribution in [2.24, 2.45) is 11.1 Å². The molecule has 254 valence electrons. The second-order valence-electron chi connectivity index (χ2n) is 11.6. The van der Waals surface area contributed by atoms with E-state index in [9.17, 15) is 39.3 Å². The number of aliphatic carboxylic acids is 2. The molecule has 6 N–H and O–H groups in total. The van der Waals surface area contributed by atoms with Crippen LogP contribution in [0, 0.1) is 17.3 Å². The van der Waals surface area contributed by atoms with Crippen molar-refractivity contribution in [1.82, 2.24) is 5.32 Å². The fraction of sp³-hybridized carbons (Fsp3) is 0.571. The van der Waals surface area contributed by atoms with Gasteiger partial charge in [0.05, 0.1) is 0 Å². The molecule has 0 unspecified atom stereocenters. The molecule has 11 heteroatoms. The number of amides is 2. The van der Waals surface area contributed by atoms with Crippen molar-refractivity contribution < 1.29 is 44.0 Å². The van der Waals surface area contributed by atoms with Crippen LogP contribution in [0.3, 0.4) is 0 Å². The van der Waals surface area contributed by atoms with Crippen LogP contribution in [-0.4, -0.2) is 63.1 Å². The molecule has 0 fully saturated rings. The number of aliphatic hydroxyl groups is 1. The van der Waals surface area contributed by atoms with E-state index in [2.05, 4.69) is 24.1 Å². The Morgan fingerprint density at radius 2 is 1.54 bits per heavy atom. The maximum atomic E-state index is 13.5. The van der Waals surface area contributed by atoms with E-state index in [1.165, 1.54) is 12.5 Å². The number of nitrogens with two attached hydrogens (primary N) is 1. The monoisotopic (exact) mass is 642 g/mol. The smallest absolute Gasteiger partial charge is 0.347 e. The summed E-state index contributed by atoms with van der Waals surface area (Å²) in [5.74, 6) is -0.104. The van der Waals surface area contributed by atoms with Crippen LogP contribution >= 0.6 is 0 Å². The molecule has 0 aliphatic heterocycles. The molecule has 1 aromatic carbocycles. The lowest BCUT2D eigenvalue weighted by molar-refractivity contribution is -0.180. The van der Waals surface area contributed by atoms with Gasteiger partial charge in [0.25, 0.3) is 11.5 Å². The number of nitrogens with one attached hydrogen (secondary N) is 1. The quantitative estimate of drug-likeness (QED) is 0.0472. The second kappa shape index (κ2) is 20.8. The molecule has 0 saturated carbocycles. The zero-order valence-corrected chi connectivity index (χ0v) is 27.3. The largest absolute Gasteiger partial charge is 0.481 e. The van der Waals surface area contributed by atoms with Crippen LogP contribution in [0.2, 0.25) is 0 Å². The molecule has 0 aliphatic carbocycles. The minimum Gasteiger partial charge on any atom is -0.481 e. The van der Waals surface area contributed by atoms with Gasteiger partial charge in [0.15, 0.2) is 0 Å². The van der Waals surface area contributed by atoms with Gasteiger partial charge in [0.2, 0.25) is 5.91 Å². The standard InChI is InChI=1S/C35H50N2O9/c1-4-6-8-11-14-17-27(38)18-15-12-9-10-13-16-23-34(3,35(45,31(36)41)33(43)44)32(42)37-29(30(39)40)25-26-19-21-28(22-20-26)46-24-7-5-2/h16,19-23,29,45H,4,6,8-15,17-18,24-25H2,1-3H3,(H2,36,41)(H,37,42)(H,39,40)(H,43,44)/b23-16+/t29-,34+,35-/m0/s1. The number of rotatable bonds is 24. The molecule has 0 bridgehead atoms. The summed E-state index contributed by atoms with van der Waals surface area (Å²) in [5.41, 5.74) is -0.00633. The summed E-state index contributed by atoms with van der Waals surface area (Å²) in [5, 5.41) is 32.8. The van der Waals surface area contributed by atoms with Crippen LogP contribution in [0.1, 0.15) is 103 Å². The van der Waals surface area contributed by atoms with Crippen molar-refractivity contribution in [2.75, 3.05) is 6.61 Å². The Morgan fingerprint density at radius 3 is 2.07 bits per heavy atom. The van der Waals surface area contributed by atoms with Gasteiger partial charge in [-0.3, -0.25) is 14.4 Å². The highest BCUT2D eigenvalue weighted by molar-refractivity contribution is 6.11. The molecule has 1 rings (SSSR count). The molecular weight excluding hydrogens is 592 g/mol. The topological polar surface area (TPSA) is 193 Å². The number of hydrogen-bond donors (Lipinski definition) is 5. The summed E-state index contributed by atoms with van der Waals surface area (Å²) >= 11 is 0. The van der Waals surface area contributed by atoms with Gasteiger partial charge in [-0.1, -0.05) is 75.7 Å². The van der Waals surface area contributed by atoms with Crippen LogP contribution in [0.25, 0.3) is 0 Å². The fourth-order valence-electron chi connectivity index (χ4n) is 4.91. The summed E-state index contributed by atoms with van der Waals surface area (Å²) in [7, 11) is 0. The van der Waals surface area contributed by atoms with Crippen molar-refractivity contribution >= 4 is 29.5 Å². The molecule has 3 atom stereocenters. The molecule has 0 heterocycles. The van der Waals surface area contributed by atoms with Crippen molar-refractivity contribution in [3.05, 3.63) is 42.0 Å². The molecule has 0 saturated heterocycles. The van der Waals surface area contributed by atoms with Crippen LogP contribution in [0.15, 0.2) is 36.4 Å². The molecule has 1 aromatic rings. The van der Waals surface area contributed by atoms with Crippen molar-refractivity contribution in [2.45, 2.75) is 116 Å². The first kappa shape index (κ1) is 39.9. The Hall–Kier alpha value is -4.17. The first-order chi connectivity index (χ1) is 21.8. The lowest BCUT2D eigenvalue weighted by Gasteiger charge is -2.36. The number of carbonyl (C=O) groups is 5. The van der Waals surface area contributed by atoms with Crippen LogP contribution in [-0.2, 0) is 30.4 Å². The Kier molecular flexibility index (Phi) is 18.0. The van der Waals surface area contributed by atoms with Gasteiger partial charge in [-0.25, -0.2) is 9.59 Å². The Balaban J connectivity index is 2.88. The van der Waals surface area contributed by atoms with Gasteiger partial charge < -0.3 is 31.1 Å². The minimum absolute atomic E-state index is 0.181. The zero-order valence-electron chi connectivity index (χ0n) is 27.3. The van der Waals surface area contributed by atoms with Gasteiger partial charge in [-0.05, 0) is 57.2 Å². The Labute approximate surface area is 272 Å². The van der Waals surface area contributed by atoms with Gasteiger partial charge in [0.1, 0.15) is 29.6 Å². The molecule has 46 heavy (non-hydrogen) atoms. The molecule has 0 aliphatic rings. The highest BCUT2D eigenvalue weighted by atomic mass is 16.5. The first-order valence-electron chi connectivity index (χ1n) is 15.9. The van der Waals surface area contributed by atoms with E-state index in [1.807, 2.05) is 0 Å². The fourth-order valence-corrected chi connectivity index (χ4v) is 4.91. The molecular formula is C35H50N2O9. The highest BCUT2D eigenvalue weighted by Crippen LogP contribution is 2.35. The van der Waals surface area contributed by atoms with E-state index in [1.54, 1.807) is 31.2 Å². The summed E-state index contributed by atoms with van der Waals surface area (Å²) in [4.78, 5) is 62.0. The average molecular weight is 643 g/mol. The predicted molar refractivity (Wildman–Crippen MR) is 174 cm³/mol. The third-order valence-electron chi connectivity index (χ3n) is 7.93.